The van der Waals surface area contributed by atoms with E-state index < -0.39 is 15.9 Å². The number of hydrogen-bond donors (Lipinski definition) is 0. The van der Waals surface area contributed by atoms with Gasteiger partial charge in [0.2, 0.25) is 0 Å². The van der Waals surface area contributed by atoms with Crippen LogP contribution in [0.25, 0.3) is 0 Å². The lowest BCUT2D eigenvalue weighted by atomic mass is 10.1. The molecule has 1 aliphatic heterocycles. The maximum absolute atomic E-state index is 13.2. The average Bonchev–Trinajstić information content (AvgIpc) is 2.96. The Hall–Kier alpha value is -2.12. The first-order chi connectivity index (χ1) is 12.7. The van der Waals surface area contributed by atoms with Crippen LogP contribution < -0.4 is 9.64 Å². The van der Waals surface area contributed by atoms with Crippen LogP contribution in [0.1, 0.15) is 24.2 Å². The second-order valence-electron chi connectivity index (χ2n) is 6.57. The number of halogens is 1. The van der Waals surface area contributed by atoms with Crippen molar-refractivity contribution in [3.63, 3.8) is 0 Å². The van der Waals surface area contributed by atoms with Gasteiger partial charge in [0.1, 0.15) is 5.75 Å². The van der Waals surface area contributed by atoms with Crippen molar-refractivity contribution in [2.24, 2.45) is 0 Å². The second kappa shape index (κ2) is 7.86. The Morgan fingerprint density at radius 1 is 1.11 bits per heavy atom. The molecule has 7 heteroatoms. The van der Waals surface area contributed by atoms with Gasteiger partial charge in [-0.05, 0) is 68.5 Å². The Kier molecular flexibility index (Phi) is 5.72. The highest BCUT2D eigenvalue weighted by atomic mass is 79.9. The smallest absolute Gasteiger partial charge is 0.258 e. The largest absolute Gasteiger partial charge is 0.491 e. The Balaban J connectivity index is 1.93. The van der Waals surface area contributed by atoms with Crippen LogP contribution in [0.4, 0.5) is 5.69 Å². The van der Waals surface area contributed by atoms with Gasteiger partial charge < -0.3 is 9.64 Å². The van der Waals surface area contributed by atoms with Crippen LogP contribution in [-0.2, 0) is 9.84 Å². The van der Waals surface area contributed by atoms with E-state index in [1.54, 1.807) is 42.5 Å². The number of benzene rings is 2. The van der Waals surface area contributed by atoms with Gasteiger partial charge in [-0.15, -0.1) is 0 Å². The molecule has 1 amide bonds. The summed E-state index contributed by atoms with van der Waals surface area (Å²) in [5, 5.41) is 1.18. The van der Waals surface area contributed by atoms with E-state index in [1.807, 2.05) is 26.0 Å². The molecule has 0 fully saturated rings. The minimum atomic E-state index is -3.30. The van der Waals surface area contributed by atoms with Crippen LogP contribution in [0, 0.1) is 0 Å². The average molecular weight is 450 g/mol. The Morgan fingerprint density at radius 2 is 1.74 bits per heavy atom. The second-order valence-corrected chi connectivity index (χ2v) is 9.41. The Morgan fingerprint density at radius 3 is 2.26 bits per heavy atom. The number of nitrogens with zero attached hydrogens (tertiary/aromatic N) is 1. The van der Waals surface area contributed by atoms with E-state index in [0.717, 1.165) is 4.47 Å². The molecule has 2 aromatic rings. The molecular formula is C20H20BrNO4S. The van der Waals surface area contributed by atoms with Crippen molar-refractivity contribution in [2.75, 3.05) is 10.7 Å². The summed E-state index contributed by atoms with van der Waals surface area (Å²) in [4.78, 5) is 14.7. The molecule has 0 spiro atoms. The SMILES string of the molecule is CC(C)Oc1ccc(C(=O)N(c2ccc(Br)cc2)C2C=CS(=O)(=O)C2)cc1. The van der Waals surface area contributed by atoms with Gasteiger partial charge in [-0.2, -0.15) is 0 Å². The van der Waals surface area contributed by atoms with E-state index in [1.165, 1.54) is 10.3 Å². The van der Waals surface area contributed by atoms with Gasteiger partial charge in [0, 0.05) is 21.1 Å². The summed E-state index contributed by atoms with van der Waals surface area (Å²) < 4.78 is 30.3. The molecule has 0 saturated heterocycles. The van der Waals surface area contributed by atoms with Crippen molar-refractivity contribution in [1.29, 1.82) is 0 Å². The third kappa shape index (κ3) is 4.78. The van der Waals surface area contributed by atoms with Gasteiger partial charge in [0.05, 0.1) is 17.9 Å². The molecule has 1 aliphatic rings. The summed E-state index contributed by atoms with van der Waals surface area (Å²) in [6, 6.07) is 13.6. The topological polar surface area (TPSA) is 63.7 Å². The fourth-order valence-electron chi connectivity index (χ4n) is 2.87. The zero-order valence-corrected chi connectivity index (χ0v) is 17.4. The summed E-state index contributed by atoms with van der Waals surface area (Å²) >= 11 is 3.38. The van der Waals surface area contributed by atoms with Gasteiger partial charge in [-0.1, -0.05) is 15.9 Å². The van der Waals surface area contributed by atoms with E-state index in [-0.39, 0.29) is 17.8 Å². The van der Waals surface area contributed by atoms with Gasteiger partial charge >= 0.3 is 0 Å². The summed E-state index contributed by atoms with van der Waals surface area (Å²) in [7, 11) is -3.30. The Labute approximate surface area is 167 Å². The quantitative estimate of drug-likeness (QED) is 0.685. The van der Waals surface area contributed by atoms with E-state index in [4.69, 9.17) is 4.74 Å². The molecule has 1 atom stereocenters. The lowest BCUT2D eigenvalue weighted by molar-refractivity contribution is 0.0983. The van der Waals surface area contributed by atoms with Crippen molar-refractivity contribution in [1.82, 2.24) is 0 Å². The van der Waals surface area contributed by atoms with E-state index in [9.17, 15) is 13.2 Å². The normalized spacial score (nSPS) is 17.9. The third-order valence-corrected chi connectivity index (χ3v) is 5.95. The van der Waals surface area contributed by atoms with Gasteiger partial charge in [-0.3, -0.25) is 4.79 Å². The number of rotatable bonds is 5. The van der Waals surface area contributed by atoms with Gasteiger partial charge in [-0.25, -0.2) is 8.42 Å². The summed E-state index contributed by atoms with van der Waals surface area (Å²) in [5.74, 6) is 0.295. The molecule has 142 valence electrons. The summed E-state index contributed by atoms with van der Waals surface area (Å²) in [6.45, 7) is 3.86. The molecule has 5 nitrogen and oxygen atoms in total. The van der Waals surface area contributed by atoms with Gasteiger partial charge in [0.25, 0.3) is 5.91 Å². The van der Waals surface area contributed by atoms with Crippen molar-refractivity contribution >= 4 is 37.4 Å². The molecule has 3 rings (SSSR count). The first kappa shape index (κ1) is 19.6. The van der Waals surface area contributed by atoms with Crippen LogP contribution in [0.5, 0.6) is 5.75 Å². The van der Waals surface area contributed by atoms with Crippen molar-refractivity contribution in [2.45, 2.75) is 26.0 Å². The van der Waals surface area contributed by atoms with E-state index in [0.29, 0.717) is 17.0 Å². The fraction of sp³-hybridized carbons (Fsp3) is 0.250. The maximum atomic E-state index is 13.2. The number of hydrogen-bond acceptors (Lipinski definition) is 4. The van der Waals surface area contributed by atoms with E-state index in [2.05, 4.69) is 15.9 Å². The predicted octanol–water partition coefficient (Wildman–Crippen LogP) is 4.19. The van der Waals surface area contributed by atoms with Crippen LogP contribution in [-0.4, -0.2) is 32.2 Å². The molecule has 0 aliphatic carbocycles. The molecular weight excluding hydrogens is 430 g/mol. The number of carbonyl (C=O) groups excluding carboxylic acids is 1. The summed E-state index contributed by atoms with van der Waals surface area (Å²) in [5.41, 5.74) is 1.10. The first-order valence-corrected chi connectivity index (χ1v) is 11.0. The number of anilines is 1. The minimum Gasteiger partial charge on any atom is -0.491 e. The van der Waals surface area contributed by atoms with Crippen LogP contribution >= 0.6 is 15.9 Å². The Bertz CT molecular complexity index is 950. The summed E-state index contributed by atoms with van der Waals surface area (Å²) in [6.07, 6.45) is 1.60. The predicted molar refractivity (Wildman–Crippen MR) is 110 cm³/mol. The van der Waals surface area contributed by atoms with Gasteiger partial charge in [0.15, 0.2) is 9.84 Å². The van der Waals surface area contributed by atoms with Crippen molar-refractivity contribution in [3.05, 3.63) is 70.1 Å². The molecule has 0 saturated carbocycles. The zero-order chi connectivity index (χ0) is 19.6. The molecule has 1 unspecified atom stereocenters. The lowest BCUT2D eigenvalue weighted by Crippen LogP contribution is -2.41. The molecule has 2 aromatic carbocycles. The van der Waals surface area contributed by atoms with Crippen molar-refractivity contribution in [3.8, 4) is 5.75 Å². The maximum Gasteiger partial charge on any atom is 0.258 e. The monoisotopic (exact) mass is 449 g/mol. The third-order valence-electron chi connectivity index (χ3n) is 4.04. The highest BCUT2D eigenvalue weighted by molar-refractivity contribution is 9.10. The lowest BCUT2D eigenvalue weighted by Gasteiger charge is -2.28. The molecule has 27 heavy (non-hydrogen) atoms. The van der Waals surface area contributed by atoms with Crippen LogP contribution in [0.2, 0.25) is 0 Å². The highest BCUT2D eigenvalue weighted by Crippen LogP contribution is 2.27. The fourth-order valence-corrected chi connectivity index (χ4v) is 4.40. The van der Waals surface area contributed by atoms with Crippen LogP contribution in [0.3, 0.4) is 0 Å². The number of carbonyl (C=O) groups is 1. The highest BCUT2D eigenvalue weighted by Gasteiger charge is 2.32. The van der Waals surface area contributed by atoms with E-state index >= 15 is 0 Å². The first-order valence-electron chi connectivity index (χ1n) is 8.52. The number of sulfone groups is 1. The molecule has 0 N–H and O–H groups in total. The van der Waals surface area contributed by atoms with Crippen LogP contribution in [0.15, 0.2) is 64.5 Å². The molecule has 0 bridgehead atoms. The van der Waals surface area contributed by atoms with Crippen molar-refractivity contribution < 1.29 is 17.9 Å². The molecule has 0 aromatic heterocycles. The standard InChI is InChI=1S/C20H20BrNO4S/c1-14(2)26-19-9-3-15(4-10-19)20(23)22(17-7-5-16(21)6-8-17)18-11-12-27(24,25)13-18/h3-12,14,18H,13H2,1-2H3. The number of amides is 1. The molecule has 1 heterocycles. The zero-order valence-electron chi connectivity index (χ0n) is 15.0. The molecule has 0 radical (unpaired) electrons. The number of ether oxygens (including phenoxy) is 1. The minimum absolute atomic E-state index is 0.0413.